The van der Waals surface area contributed by atoms with E-state index in [9.17, 15) is 13.2 Å². The molecule has 1 aliphatic carbocycles. The highest BCUT2D eigenvalue weighted by molar-refractivity contribution is 8.00. The normalized spacial score (nSPS) is 16.5. The number of hydrogen-bond donors (Lipinski definition) is 2. The van der Waals surface area contributed by atoms with Crippen molar-refractivity contribution in [2.45, 2.75) is 22.5 Å². The van der Waals surface area contributed by atoms with Gasteiger partial charge in [-0.05, 0) is 37.3 Å². The molecule has 0 radical (unpaired) electrons. The lowest BCUT2D eigenvalue weighted by molar-refractivity contribution is 0.0596. The van der Waals surface area contributed by atoms with Crippen LogP contribution in [0, 0.1) is 0 Å². The van der Waals surface area contributed by atoms with E-state index >= 15 is 0 Å². The predicted molar refractivity (Wildman–Crippen MR) is 82.9 cm³/mol. The van der Waals surface area contributed by atoms with Gasteiger partial charge in [0.25, 0.3) is 0 Å². The van der Waals surface area contributed by atoms with Crippen LogP contribution < -0.4 is 10.5 Å². The first-order valence-electron chi connectivity index (χ1n) is 6.36. The van der Waals surface area contributed by atoms with Crippen LogP contribution in [0.25, 0.3) is 0 Å². The van der Waals surface area contributed by atoms with Crippen LogP contribution in [0.4, 0.5) is 5.69 Å². The summed E-state index contributed by atoms with van der Waals surface area (Å²) in [6, 6.07) is 4.10. The third kappa shape index (κ3) is 3.50. The molecular weight excluding hydrogens is 312 g/mol. The van der Waals surface area contributed by atoms with Crippen LogP contribution in [0.2, 0.25) is 0 Å². The van der Waals surface area contributed by atoms with Crippen molar-refractivity contribution in [1.29, 1.82) is 0 Å². The van der Waals surface area contributed by atoms with Crippen LogP contribution >= 0.6 is 11.8 Å². The number of esters is 1. The number of carbonyl (C=O) groups excluding carboxylic acids is 1. The van der Waals surface area contributed by atoms with Gasteiger partial charge in [-0.1, -0.05) is 0 Å². The molecule has 2 rings (SSSR count). The highest BCUT2D eigenvalue weighted by atomic mass is 32.2. The van der Waals surface area contributed by atoms with Gasteiger partial charge in [0.2, 0.25) is 10.0 Å². The van der Waals surface area contributed by atoms with Gasteiger partial charge >= 0.3 is 5.97 Å². The number of thioether (sulfide) groups is 1. The van der Waals surface area contributed by atoms with Crippen molar-refractivity contribution in [1.82, 2.24) is 4.72 Å². The van der Waals surface area contributed by atoms with Crippen molar-refractivity contribution in [2.75, 3.05) is 25.6 Å². The van der Waals surface area contributed by atoms with E-state index in [-0.39, 0.29) is 20.9 Å². The molecule has 1 saturated carbocycles. The molecule has 0 atom stereocenters. The monoisotopic (exact) mass is 330 g/mol. The average Bonchev–Trinajstić information content (AvgIpc) is 3.25. The molecular formula is C13H18N2O4S2. The van der Waals surface area contributed by atoms with Crippen LogP contribution in [0.1, 0.15) is 23.2 Å². The van der Waals surface area contributed by atoms with Crippen LogP contribution in [-0.4, -0.2) is 39.0 Å². The van der Waals surface area contributed by atoms with Gasteiger partial charge in [-0.2, -0.15) is 11.8 Å². The van der Waals surface area contributed by atoms with Crippen molar-refractivity contribution >= 4 is 33.4 Å². The number of hydrogen-bond acceptors (Lipinski definition) is 6. The first kappa shape index (κ1) is 16.1. The Morgan fingerprint density at radius 1 is 1.48 bits per heavy atom. The number of nitrogens with two attached hydrogens (primary N) is 1. The van der Waals surface area contributed by atoms with E-state index in [1.807, 2.05) is 6.26 Å². The summed E-state index contributed by atoms with van der Waals surface area (Å²) in [5, 5.41) is 0. The second-order valence-corrected chi connectivity index (χ2v) is 7.97. The van der Waals surface area contributed by atoms with E-state index in [2.05, 4.69) is 9.46 Å². The zero-order valence-corrected chi connectivity index (χ0v) is 13.5. The minimum atomic E-state index is -3.82. The van der Waals surface area contributed by atoms with Crippen LogP contribution in [0.5, 0.6) is 0 Å². The number of sulfonamides is 1. The number of methoxy groups -OCH3 is 1. The molecule has 3 N–H and O–H groups in total. The lowest BCUT2D eigenvalue weighted by atomic mass is 10.2. The van der Waals surface area contributed by atoms with Gasteiger partial charge in [0, 0.05) is 17.0 Å². The van der Waals surface area contributed by atoms with E-state index in [0.29, 0.717) is 6.54 Å². The summed E-state index contributed by atoms with van der Waals surface area (Å²) in [6.07, 6.45) is 3.93. The van der Waals surface area contributed by atoms with Gasteiger partial charge in [0.1, 0.15) is 0 Å². The summed E-state index contributed by atoms with van der Waals surface area (Å²) in [4.78, 5) is 11.6. The number of nitrogens with one attached hydrogen (secondary N) is 1. The maximum absolute atomic E-state index is 12.4. The second-order valence-electron chi connectivity index (χ2n) is 4.96. The Bertz CT molecular complexity index is 654. The Morgan fingerprint density at radius 2 is 2.14 bits per heavy atom. The molecule has 0 aliphatic heterocycles. The first-order chi connectivity index (χ1) is 9.83. The molecule has 6 nitrogen and oxygen atoms in total. The SMILES string of the molecule is COC(=O)c1ccc(N)cc1S(=O)(=O)NCC1(SC)CC1. The van der Waals surface area contributed by atoms with Gasteiger partial charge in [0.05, 0.1) is 17.6 Å². The third-order valence-corrected chi connectivity index (χ3v) is 6.39. The summed E-state index contributed by atoms with van der Waals surface area (Å²) in [6.45, 7) is 0.339. The highest BCUT2D eigenvalue weighted by Gasteiger charge is 2.42. The number of anilines is 1. The Hall–Kier alpha value is -1.25. The van der Waals surface area contributed by atoms with Crippen LogP contribution in [0.3, 0.4) is 0 Å². The van der Waals surface area contributed by atoms with Crippen molar-refractivity contribution in [3.05, 3.63) is 23.8 Å². The molecule has 1 aliphatic rings. The Morgan fingerprint density at radius 3 is 2.67 bits per heavy atom. The fourth-order valence-corrected chi connectivity index (χ4v) is 4.11. The van der Waals surface area contributed by atoms with Crippen molar-refractivity contribution < 1.29 is 17.9 Å². The van der Waals surface area contributed by atoms with Gasteiger partial charge < -0.3 is 10.5 Å². The van der Waals surface area contributed by atoms with Gasteiger partial charge in [0.15, 0.2) is 0 Å². The summed E-state index contributed by atoms with van der Waals surface area (Å²) in [5.41, 5.74) is 5.89. The second kappa shape index (κ2) is 5.86. The lowest BCUT2D eigenvalue weighted by Crippen LogP contribution is -2.32. The first-order valence-corrected chi connectivity index (χ1v) is 9.07. The topological polar surface area (TPSA) is 98.5 Å². The minimum absolute atomic E-state index is 0.0151. The zero-order chi connectivity index (χ0) is 15.7. The summed E-state index contributed by atoms with van der Waals surface area (Å²) >= 11 is 1.65. The maximum Gasteiger partial charge on any atom is 0.339 e. The van der Waals surface area contributed by atoms with Gasteiger partial charge in [-0.15, -0.1) is 0 Å². The molecule has 8 heteroatoms. The van der Waals surface area contributed by atoms with Crippen molar-refractivity contribution in [2.24, 2.45) is 0 Å². The largest absolute Gasteiger partial charge is 0.465 e. The molecule has 0 unspecified atom stereocenters. The molecule has 0 bridgehead atoms. The molecule has 0 aromatic heterocycles. The van der Waals surface area contributed by atoms with Crippen LogP contribution in [-0.2, 0) is 14.8 Å². The number of carbonyl (C=O) groups is 1. The molecule has 1 fully saturated rings. The molecule has 0 spiro atoms. The molecule has 21 heavy (non-hydrogen) atoms. The number of benzene rings is 1. The summed E-state index contributed by atoms with van der Waals surface area (Å²) in [7, 11) is -2.61. The molecule has 1 aromatic carbocycles. The Kier molecular flexibility index (Phi) is 4.50. The standard InChI is InChI=1S/C13H18N2O4S2/c1-19-12(16)10-4-3-9(14)7-11(10)21(17,18)15-8-13(20-2)5-6-13/h3-4,7,15H,5-6,8,14H2,1-2H3. The Labute approximate surface area is 128 Å². The molecule has 1 aromatic rings. The molecule has 116 valence electrons. The van der Waals surface area contributed by atoms with E-state index in [4.69, 9.17) is 5.73 Å². The number of ether oxygens (including phenoxy) is 1. The van der Waals surface area contributed by atoms with E-state index in [0.717, 1.165) is 12.8 Å². The van der Waals surface area contributed by atoms with Gasteiger partial charge in [-0.3, -0.25) is 0 Å². The number of rotatable bonds is 6. The summed E-state index contributed by atoms with van der Waals surface area (Å²) in [5.74, 6) is -0.707. The zero-order valence-electron chi connectivity index (χ0n) is 11.9. The van der Waals surface area contributed by atoms with E-state index in [1.54, 1.807) is 11.8 Å². The fourth-order valence-electron chi connectivity index (χ4n) is 1.94. The van der Waals surface area contributed by atoms with Crippen molar-refractivity contribution in [3.8, 4) is 0 Å². The maximum atomic E-state index is 12.4. The third-order valence-electron chi connectivity index (χ3n) is 3.53. The quantitative estimate of drug-likeness (QED) is 0.601. The van der Waals surface area contributed by atoms with E-state index in [1.165, 1.54) is 25.3 Å². The van der Waals surface area contributed by atoms with Gasteiger partial charge in [-0.25, -0.2) is 17.9 Å². The number of nitrogen functional groups attached to an aromatic ring is 1. The summed E-state index contributed by atoms with van der Waals surface area (Å²) < 4.78 is 32.0. The molecule has 0 saturated heterocycles. The minimum Gasteiger partial charge on any atom is -0.465 e. The van der Waals surface area contributed by atoms with Crippen LogP contribution in [0.15, 0.2) is 23.1 Å². The van der Waals surface area contributed by atoms with E-state index < -0.39 is 16.0 Å². The van der Waals surface area contributed by atoms with Crippen molar-refractivity contribution in [3.63, 3.8) is 0 Å². The lowest BCUT2D eigenvalue weighted by Gasteiger charge is -2.15. The smallest absolute Gasteiger partial charge is 0.339 e. The average molecular weight is 330 g/mol. The Balaban J connectivity index is 2.30. The highest BCUT2D eigenvalue weighted by Crippen LogP contribution is 2.46. The fraction of sp³-hybridized carbons (Fsp3) is 0.462. The predicted octanol–water partition coefficient (Wildman–Crippen LogP) is 1.23. The molecule has 0 heterocycles. The molecule has 0 amide bonds.